The number of likely N-dealkylation sites (tertiary alicyclic amines) is 1. The highest BCUT2D eigenvalue weighted by molar-refractivity contribution is 5.97. The van der Waals surface area contributed by atoms with Gasteiger partial charge in [-0.1, -0.05) is 30.4 Å². The number of amides is 2. The van der Waals surface area contributed by atoms with E-state index in [2.05, 4.69) is 26.6 Å². The molecule has 4 rings (SSSR count). The Morgan fingerprint density at radius 3 is 2.67 bits per heavy atom. The smallest absolute Gasteiger partial charge is 0.255 e. The van der Waals surface area contributed by atoms with Crippen LogP contribution >= 0.6 is 0 Å². The summed E-state index contributed by atoms with van der Waals surface area (Å²) >= 11 is 0. The third kappa shape index (κ3) is 5.79. The summed E-state index contributed by atoms with van der Waals surface area (Å²) in [5.41, 5.74) is 2.14. The van der Waals surface area contributed by atoms with E-state index in [0.29, 0.717) is 37.4 Å². The summed E-state index contributed by atoms with van der Waals surface area (Å²) in [4.78, 5) is 32.8. The third-order valence-corrected chi connectivity index (χ3v) is 6.46. The molecule has 0 aliphatic carbocycles. The summed E-state index contributed by atoms with van der Waals surface area (Å²) in [6.07, 6.45) is 6.19. The van der Waals surface area contributed by atoms with Crippen LogP contribution in [-0.2, 0) is 11.3 Å². The average Bonchev–Trinajstić information content (AvgIpc) is 2.82. The minimum atomic E-state index is -0.445. The number of pyridine rings is 1. The number of aryl methyl sites for hydroxylation is 1. The van der Waals surface area contributed by atoms with Crippen LogP contribution in [0.4, 0.5) is 0 Å². The van der Waals surface area contributed by atoms with Crippen LogP contribution in [0.2, 0.25) is 0 Å². The first-order valence-electron chi connectivity index (χ1n) is 11.6. The first kappa shape index (κ1) is 23.0. The molecule has 174 valence electrons. The Labute approximate surface area is 195 Å². The van der Waals surface area contributed by atoms with Gasteiger partial charge in [-0.25, -0.2) is 0 Å². The van der Waals surface area contributed by atoms with E-state index in [1.807, 2.05) is 43.3 Å². The monoisotopic (exact) mass is 448 g/mol. The maximum Gasteiger partial charge on any atom is 0.255 e. The van der Waals surface area contributed by atoms with E-state index < -0.39 is 5.41 Å². The molecule has 0 atom stereocenters. The first-order valence-corrected chi connectivity index (χ1v) is 11.6. The molecule has 2 aromatic rings. The fourth-order valence-electron chi connectivity index (χ4n) is 4.51. The highest BCUT2D eigenvalue weighted by atomic mass is 16.5. The molecule has 1 fully saturated rings. The van der Waals surface area contributed by atoms with Crippen molar-refractivity contribution in [2.45, 2.75) is 32.7 Å². The van der Waals surface area contributed by atoms with E-state index in [1.165, 1.54) is 0 Å². The van der Waals surface area contributed by atoms with Gasteiger partial charge in [-0.2, -0.15) is 0 Å². The number of hydrogen-bond donors (Lipinski definition) is 2. The van der Waals surface area contributed by atoms with Crippen LogP contribution in [0.15, 0.2) is 54.6 Å². The van der Waals surface area contributed by atoms with Gasteiger partial charge in [-0.3, -0.25) is 19.5 Å². The van der Waals surface area contributed by atoms with Crippen LogP contribution in [0.25, 0.3) is 0 Å². The Bertz CT molecular complexity index is 1010. The largest absolute Gasteiger partial charge is 0.491 e. The molecule has 7 heteroatoms. The van der Waals surface area contributed by atoms with Crippen molar-refractivity contribution in [3.8, 4) is 5.75 Å². The van der Waals surface area contributed by atoms with Gasteiger partial charge in [0, 0.05) is 18.8 Å². The van der Waals surface area contributed by atoms with Crippen molar-refractivity contribution >= 4 is 11.8 Å². The van der Waals surface area contributed by atoms with Gasteiger partial charge in [0.15, 0.2) is 0 Å². The van der Waals surface area contributed by atoms with E-state index >= 15 is 0 Å². The van der Waals surface area contributed by atoms with Crippen molar-refractivity contribution in [3.63, 3.8) is 0 Å². The standard InChI is InChI=1S/C26H32N4O3/c1-20-7-6-8-21(29-20)19-30-16-12-26(13-17-30)11-4-5-14-27-24(31)22-9-2-3-10-23(22)33-18-15-28-25(26)32/h2-10H,11-19H2,1H3,(H,27,31)(H,28,32)/b5-4+. The van der Waals surface area contributed by atoms with Crippen molar-refractivity contribution < 1.29 is 14.3 Å². The molecule has 2 aliphatic rings. The van der Waals surface area contributed by atoms with Crippen LogP contribution in [0.3, 0.4) is 0 Å². The van der Waals surface area contributed by atoms with Crippen LogP contribution in [0.5, 0.6) is 5.75 Å². The zero-order valence-corrected chi connectivity index (χ0v) is 19.2. The zero-order chi connectivity index (χ0) is 23.1. The minimum Gasteiger partial charge on any atom is -0.491 e. The second-order valence-corrected chi connectivity index (χ2v) is 8.81. The fourth-order valence-corrected chi connectivity index (χ4v) is 4.51. The van der Waals surface area contributed by atoms with Gasteiger partial charge >= 0.3 is 0 Å². The number of para-hydroxylation sites is 1. The molecular formula is C26H32N4O3. The van der Waals surface area contributed by atoms with Crippen LogP contribution in [0.1, 0.15) is 41.0 Å². The Hall–Kier alpha value is -3.19. The highest BCUT2D eigenvalue weighted by Gasteiger charge is 2.40. The topological polar surface area (TPSA) is 83.6 Å². The number of carbonyl (C=O) groups excluding carboxylic acids is 2. The molecule has 2 amide bonds. The molecule has 1 saturated heterocycles. The maximum atomic E-state index is 13.3. The molecule has 1 aromatic carbocycles. The molecular weight excluding hydrogens is 416 g/mol. The van der Waals surface area contributed by atoms with Gasteiger partial charge in [-0.15, -0.1) is 0 Å². The number of allylic oxidation sites excluding steroid dienone is 1. The Morgan fingerprint density at radius 1 is 1.03 bits per heavy atom. The predicted molar refractivity (Wildman–Crippen MR) is 127 cm³/mol. The van der Waals surface area contributed by atoms with Gasteiger partial charge in [0.2, 0.25) is 5.91 Å². The number of carbonyl (C=O) groups is 2. The van der Waals surface area contributed by atoms with Crippen LogP contribution in [0, 0.1) is 12.3 Å². The van der Waals surface area contributed by atoms with Crippen molar-refractivity contribution in [3.05, 3.63) is 71.6 Å². The minimum absolute atomic E-state index is 0.0819. The lowest BCUT2D eigenvalue weighted by atomic mass is 9.74. The normalized spacial score (nSPS) is 20.6. The SMILES string of the molecule is Cc1cccc(CN2CCC3(C/C=C/CNC(=O)c4ccccc4OCCNC3=O)CC2)n1. The summed E-state index contributed by atoms with van der Waals surface area (Å²) < 4.78 is 5.81. The number of nitrogens with one attached hydrogen (secondary N) is 2. The number of rotatable bonds is 2. The second kappa shape index (κ2) is 10.6. The number of aromatic nitrogens is 1. The molecule has 1 spiro atoms. The summed E-state index contributed by atoms with van der Waals surface area (Å²) in [5, 5.41) is 5.99. The highest BCUT2D eigenvalue weighted by Crippen LogP contribution is 2.36. The maximum absolute atomic E-state index is 13.3. The Morgan fingerprint density at radius 2 is 1.85 bits per heavy atom. The Balaban J connectivity index is 1.42. The van der Waals surface area contributed by atoms with Gasteiger partial charge in [0.25, 0.3) is 5.91 Å². The molecule has 0 saturated carbocycles. The summed E-state index contributed by atoms with van der Waals surface area (Å²) in [5.74, 6) is 0.445. The summed E-state index contributed by atoms with van der Waals surface area (Å²) in [6.45, 7) is 5.62. The average molecular weight is 449 g/mol. The molecule has 3 heterocycles. The molecule has 2 N–H and O–H groups in total. The lowest BCUT2D eigenvalue weighted by molar-refractivity contribution is -0.134. The van der Waals surface area contributed by atoms with Crippen molar-refractivity contribution in [2.75, 3.05) is 32.8 Å². The molecule has 33 heavy (non-hydrogen) atoms. The lowest BCUT2D eigenvalue weighted by Gasteiger charge is -2.40. The first-order chi connectivity index (χ1) is 16.1. The molecule has 0 unspecified atom stereocenters. The fraction of sp³-hybridized carbons (Fsp3) is 0.423. The van der Waals surface area contributed by atoms with Gasteiger partial charge < -0.3 is 15.4 Å². The molecule has 1 aromatic heterocycles. The van der Waals surface area contributed by atoms with Crippen molar-refractivity contribution in [1.29, 1.82) is 0 Å². The van der Waals surface area contributed by atoms with Gasteiger partial charge in [0.05, 0.1) is 23.2 Å². The zero-order valence-electron chi connectivity index (χ0n) is 19.2. The van der Waals surface area contributed by atoms with Crippen molar-refractivity contribution in [1.82, 2.24) is 20.5 Å². The number of hydrogen-bond acceptors (Lipinski definition) is 5. The molecule has 7 nitrogen and oxygen atoms in total. The van der Waals surface area contributed by atoms with E-state index in [-0.39, 0.29) is 11.8 Å². The number of piperidine rings is 1. The second-order valence-electron chi connectivity index (χ2n) is 8.81. The predicted octanol–water partition coefficient (Wildman–Crippen LogP) is 2.86. The third-order valence-electron chi connectivity index (χ3n) is 6.46. The van der Waals surface area contributed by atoms with Gasteiger partial charge in [-0.05, 0) is 63.5 Å². The molecule has 0 radical (unpaired) electrons. The summed E-state index contributed by atoms with van der Waals surface area (Å²) in [7, 11) is 0. The van der Waals surface area contributed by atoms with E-state index in [4.69, 9.17) is 4.74 Å². The van der Waals surface area contributed by atoms with E-state index in [1.54, 1.807) is 12.1 Å². The van der Waals surface area contributed by atoms with Crippen LogP contribution in [-0.4, -0.2) is 54.5 Å². The molecule has 2 aliphatic heterocycles. The number of ether oxygens (including phenoxy) is 1. The lowest BCUT2D eigenvalue weighted by Crippen LogP contribution is -2.49. The van der Waals surface area contributed by atoms with Gasteiger partial charge in [0.1, 0.15) is 12.4 Å². The number of nitrogens with zero attached hydrogens (tertiary/aromatic N) is 2. The van der Waals surface area contributed by atoms with Crippen LogP contribution < -0.4 is 15.4 Å². The Kier molecular flexibility index (Phi) is 7.40. The van der Waals surface area contributed by atoms with E-state index in [9.17, 15) is 9.59 Å². The van der Waals surface area contributed by atoms with E-state index in [0.717, 1.165) is 43.9 Å². The number of benzene rings is 1. The quantitative estimate of drug-likeness (QED) is 0.691. The van der Waals surface area contributed by atoms with Crippen molar-refractivity contribution in [2.24, 2.45) is 5.41 Å². The summed E-state index contributed by atoms with van der Waals surface area (Å²) in [6, 6.07) is 13.3. The molecule has 0 bridgehead atoms. The number of fused-ring (bicyclic) bond motifs is 1.